The van der Waals surface area contributed by atoms with E-state index in [0.29, 0.717) is 0 Å². The average Bonchev–Trinajstić information content (AvgIpc) is 3.37. The molecule has 4 aromatic rings. The van der Waals surface area contributed by atoms with Crippen LogP contribution >= 0.6 is 11.8 Å². The van der Waals surface area contributed by atoms with Gasteiger partial charge >= 0.3 is 11.7 Å². The molecule has 0 radical (unpaired) electrons. The Balaban J connectivity index is 1.91. The van der Waals surface area contributed by atoms with E-state index in [-0.39, 0.29) is 44.0 Å². The van der Waals surface area contributed by atoms with Crippen LogP contribution in [0.1, 0.15) is 12.6 Å². The fourth-order valence-corrected chi connectivity index (χ4v) is 4.72. The average molecular weight is 536 g/mol. The third kappa shape index (κ3) is 4.98. The molecule has 8 nitrogen and oxygen atoms in total. The van der Waals surface area contributed by atoms with Crippen LogP contribution in [0.3, 0.4) is 0 Å². The Morgan fingerprint density at radius 1 is 1.06 bits per heavy atom. The second-order valence-corrected chi connectivity index (χ2v) is 10.4. The summed E-state index contributed by atoms with van der Waals surface area (Å²) in [5.74, 6) is -0.462. The minimum Gasteiger partial charge on any atom is -0.324 e. The van der Waals surface area contributed by atoms with Crippen LogP contribution in [0, 0.1) is 0 Å². The van der Waals surface area contributed by atoms with E-state index < -0.39 is 39.0 Å². The first kappa shape index (κ1) is 25.0. The highest BCUT2D eigenvalue weighted by Crippen LogP contribution is 2.37. The molecular weight excluding hydrogens is 522 g/mol. The zero-order valence-corrected chi connectivity index (χ0v) is 19.4. The van der Waals surface area contributed by atoms with Gasteiger partial charge in [-0.25, -0.2) is 28.1 Å². The van der Waals surface area contributed by atoms with Gasteiger partial charge in [-0.2, -0.15) is 31.4 Å². The molecule has 0 spiro atoms. The first-order valence-electron chi connectivity index (χ1n) is 9.65. The number of sulfone groups is 1. The highest BCUT2D eigenvalue weighted by Gasteiger charge is 2.34. The fourth-order valence-electron chi connectivity index (χ4n) is 3.19. The van der Waals surface area contributed by atoms with Crippen molar-refractivity contribution in [1.82, 2.24) is 29.3 Å². The summed E-state index contributed by atoms with van der Waals surface area (Å²) in [5, 5.41) is 3.08. The molecule has 0 aliphatic rings. The minimum absolute atomic E-state index is 0.0342. The lowest BCUT2D eigenvalue weighted by molar-refractivity contribution is -0.141. The van der Waals surface area contributed by atoms with E-state index in [9.17, 15) is 34.8 Å². The van der Waals surface area contributed by atoms with Gasteiger partial charge in [0.15, 0.2) is 27.2 Å². The molecule has 4 heterocycles. The number of nitrogens with zero attached hydrogens (tertiary/aromatic N) is 6. The lowest BCUT2D eigenvalue weighted by Crippen LogP contribution is -2.11. The van der Waals surface area contributed by atoms with Crippen LogP contribution in [0.25, 0.3) is 28.4 Å². The third-order valence-electron chi connectivity index (χ3n) is 4.85. The van der Waals surface area contributed by atoms with Crippen LogP contribution in [0.4, 0.5) is 26.3 Å². The number of pyridine rings is 2. The maximum Gasteiger partial charge on any atom is 0.447 e. The molecule has 0 aromatic carbocycles. The molecule has 16 heteroatoms. The predicted octanol–water partition coefficient (Wildman–Crippen LogP) is 4.64. The Bertz CT molecular complexity index is 1530. The molecule has 4 rings (SSSR count). The molecule has 0 N–H and O–H groups in total. The van der Waals surface area contributed by atoms with Crippen LogP contribution in [-0.4, -0.2) is 49.0 Å². The van der Waals surface area contributed by atoms with Gasteiger partial charge in [-0.15, -0.1) is 0 Å². The van der Waals surface area contributed by atoms with Crippen LogP contribution in [0.5, 0.6) is 0 Å². The van der Waals surface area contributed by atoms with Crippen molar-refractivity contribution in [2.45, 2.75) is 28.5 Å². The van der Waals surface area contributed by atoms with Crippen molar-refractivity contribution in [2.24, 2.45) is 7.05 Å². The Hall–Kier alpha value is -3.14. The summed E-state index contributed by atoms with van der Waals surface area (Å²) in [6.07, 6.45) is -2.53. The van der Waals surface area contributed by atoms with Gasteiger partial charge in [0.05, 0.1) is 27.9 Å². The van der Waals surface area contributed by atoms with E-state index in [4.69, 9.17) is 0 Å². The fraction of sp³-hybridized carbons (Fsp3) is 0.263. The van der Waals surface area contributed by atoms with E-state index in [1.807, 2.05) is 0 Å². The SMILES string of the molecule is CCS(=O)(=O)c1ccc(-n2ccc(C(F)(F)F)n2)nc1-c1nc2cc(SC(F)(F)F)ncc2n1C. The van der Waals surface area contributed by atoms with Crippen LogP contribution in [-0.2, 0) is 23.1 Å². The van der Waals surface area contributed by atoms with Gasteiger partial charge in [0, 0.05) is 25.0 Å². The Morgan fingerprint density at radius 3 is 2.37 bits per heavy atom. The van der Waals surface area contributed by atoms with Crippen LogP contribution in [0.15, 0.2) is 46.6 Å². The van der Waals surface area contributed by atoms with Gasteiger partial charge in [-0.05, 0) is 24.3 Å². The number of imidazole rings is 1. The third-order valence-corrected chi connectivity index (χ3v) is 7.27. The van der Waals surface area contributed by atoms with Crippen molar-refractivity contribution < 1.29 is 34.8 Å². The molecule has 0 saturated heterocycles. The molecule has 0 unspecified atom stereocenters. The van der Waals surface area contributed by atoms with Crippen molar-refractivity contribution in [3.8, 4) is 17.3 Å². The monoisotopic (exact) mass is 536 g/mol. The van der Waals surface area contributed by atoms with Gasteiger partial charge in [0.1, 0.15) is 10.7 Å². The molecule has 0 amide bonds. The minimum atomic E-state index is -4.70. The van der Waals surface area contributed by atoms with E-state index >= 15 is 0 Å². The number of hydrogen-bond acceptors (Lipinski definition) is 7. The topological polar surface area (TPSA) is 95.6 Å². The first-order chi connectivity index (χ1) is 16.2. The largest absolute Gasteiger partial charge is 0.447 e. The smallest absolute Gasteiger partial charge is 0.324 e. The van der Waals surface area contributed by atoms with Gasteiger partial charge in [0.2, 0.25) is 0 Å². The molecular formula is C19H14F6N6O2S2. The normalized spacial score (nSPS) is 13.0. The van der Waals surface area contributed by atoms with Crippen molar-refractivity contribution in [1.29, 1.82) is 0 Å². The Morgan fingerprint density at radius 2 is 1.77 bits per heavy atom. The predicted molar refractivity (Wildman–Crippen MR) is 114 cm³/mol. The lowest BCUT2D eigenvalue weighted by atomic mass is 10.3. The maximum atomic E-state index is 13.0. The molecule has 35 heavy (non-hydrogen) atoms. The zero-order valence-electron chi connectivity index (χ0n) is 17.8. The van der Waals surface area contributed by atoms with E-state index in [1.165, 1.54) is 30.7 Å². The second kappa shape index (κ2) is 8.51. The maximum absolute atomic E-state index is 13.0. The summed E-state index contributed by atoms with van der Waals surface area (Å²) >= 11 is -0.434. The van der Waals surface area contributed by atoms with Crippen molar-refractivity contribution >= 4 is 32.6 Å². The number of aryl methyl sites for hydroxylation is 1. The molecule has 4 aromatic heterocycles. The molecule has 0 atom stereocenters. The molecule has 0 aliphatic heterocycles. The highest BCUT2D eigenvalue weighted by molar-refractivity contribution is 8.00. The molecule has 0 bridgehead atoms. The van der Waals surface area contributed by atoms with Gasteiger partial charge < -0.3 is 4.57 Å². The van der Waals surface area contributed by atoms with Crippen molar-refractivity contribution in [2.75, 3.05) is 5.75 Å². The van der Waals surface area contributed by atoms with Gasteiger partial charge in [-0.1, -0.05) is 6.92 Å². The quantitative estimate of drug-likeness (QED) is 0.271. The number of aromatic nitrogens is 6. The van der Waals surface area contributed by atoms with E-state index in [1.54, 1.807) is 0 Å². The molecule has 186 valence electrons. The molecule has 0 fully saturated rings. The standard InChI is InChI=1S/C19H14F6N6O2S2/c1-3-35(32,33)12-4-5-14(31-7-6-13(29-31)18(20,21)22)28-16(12)17-27-10-8-15(34-19(23,24)25)26-9-11(10)30(17)2/h4-9H,3H2,1-2H3. The number of fused-ring (bicyclic) bond motifs is 1. The van der Waals surface area contributed by atoms with Crippen molar-refractivity contribution in [3.63, 3.8) is 0 Å². The number of rotatable bonds is 5. The molecule has 0 aliphatic carbocycles. The summed E-state index contributed by atoms with van der Waals surface area (Å²) in [5.41, 5.74) is -5.56. The highest BCUT2D eigenvalue weighted by atomic mass is 32.2. The first-order valence-corrected chi connectivity index (χ1v) is 12.1. The summed E-state index contributed by atoms with van der Waals surface area (Å²) in [4.78, 5) is 12.0. The second-order valence-electron chi connectivity index (χ2n) is 7.12. The Labute approximate surface area is 197 Å². The molecule has 0 saturated carbocycles. The summed E-state index contributed by atoms with van der Waals surface area (Å²) in [6, 6.07) is 4.20. The van der Waals surface area contributed by atoms with Crippen molar-refractivity contribution in [3.05, 3.63) is 42.4 Å². The lowest BCUT2D eigenvalue weighted by Gasteiger charge is -2.11. The number of alkyl halides is 6. The zero-order chi connectivity index (χ0) is 25.8. The van der Waals surface area contributed by atoms with E-state index in [0.717, 1.165) is 29.2 Å². The number of halogens is 6. The summed E-state index contributed by atoms with van der Waals surface area (Å²) < 4.78 is 105. The number of thioether (sulfide) groups is 1. The van der Waals surface area contributed by atoms with Gasteiger partial charge in [-0.3, -0.25) is 0 Å². The Kier molecular flexibility index (Phi) is 6.07. The van der Waals surface area contributed by atoms with E-state index in [2.05, 4.69) is 20.1 Å². The summed E-state index contributed by atoms with van der Waals surface area (Å²) in [6.45, 7) is 1.40. The van der Waals surface area contributed by atoms with Crippen LogP contribution < -0.4 is 0 Å². The summed E-state index contributed by atoms with van der Waals surface area (Å²) in [7, 11) is -2.39. The van der Waals surface area contributed by atoms with Crippen LogP contribution in [0.2, 0.25) is 0 Å². The van der Waals surface area contributed by atoms with Gasteiger partial charge in [0.25, 0.3) is 0 Å². The number of hydrogen-bond donors (Lipinski definition) is 0.